The van der Waals surface area contributed by atoms with Gasteiger partial charge < -0.3 is 4.90 Å². The number of hydrogen-bond donors (Lipinski definition) is 0. The first-order chi connectivity index (χ1) is 14.9. The Kier molecular flexibility index (Phi) is 7.03. The van der Waals surface area contributed by atoms with Crippen LogP contribution in [0.2, 0.25) is 0 Å². The molecule has 0 spiro atoms. The lowest BCUT2D eigenvalue weighted by atomic mass is 9.92. The van der Waals surface area contributed by atoms with Crippen molar-refractivity contribution in [2.45, 2.75) is 58.8 Å². The van der Waals surface area contributed by atoms with Crippen LogP contribution in [-0.4, -0.2) is 48.6 Å². The number of hydrogen-bond acceptors (Lipinski definition) is 4. The van der Waals surface area contributed by atoms with E-state index in [1.165, 1.54) is 4.31 Å². The van der Waals surface area contributed by atoms with Crippen LogP contribution in [0.5, 0.6) is 0 Å². The summed E-state index contributed by atoms with van der Waals surface area (Å²) in [6.07, 6.45) is 1.08. The van der Waals surface area contributed by atoms with Crippen LogP contribution in [0, 0.1) is 25.7 Å². The second-order valence-corrected chi connectivity index (χ2v) is 11.4. The fraction of sp³-hybridized carbons (Fsp3) is 0.583. The molecule has 0 bridgehead atoms. The van der Waals surface area contributed by atoms with Gasteiger partial charge in [-0.3, -0.25) is 13.8 Å². The third kappa shape index (κ3) is 4.85. The summed E-state index contributed by atoms with van der Waals surface area (Å²) in [7, 11) is -2.26. The minimum absolute atomic E-state index is 0.167. The van der Waals surface area contributed by atoms with Gasteiger partial charge in [0.05, 0.1) is 17.1 Å². The Morgan fingerprint density at radius 3 is 2.16 bits per heavy atom. The van der Waals surface area contributed by atoms with Crippen LogP contribution in [0.1, 0.15) is 57.0 Å². The highest BCUT2D eigenvalue weighted by atomic mass is 32.2. The number of rotatable bonds is 6. The van der Waals surface area contributed by atoms with Gasteiger partial charge in [0.2, 0.25) is 5.91 Å². The Bertz CT molecular complexity index is 1060. The number of carbonyl (C=O) groups is 1. The Morgan fingerprint density at radius 2 is 1.69 bits per heavy atom. The standard InChI is InChI=1S/C24H36N4O3S/c1-16(2)21-8-10-22(11-9-21)28(15-23(29)27-13-17(3)12-18(4)14-27)32(30,31)24-19(5)25-26(7)20(24)6/h8-11,16-18H,12-15H2,1-7H3/t17-,18-/m1/s1. The molecule has 32 heavy (non-hydrogen) atoms. The van der Waals surface area contributed by atoms with E-state index < -0.39 is 10.0 Å². The molecule has 176 valence electrons. The summed E-state index contributed by atoms with van der Waals surface area (Å²) in [6, 6.07) is 7.45. The summed E-state index contributed by atoms with van der Waals surface area (Å²) >= 11 is 0. The highest BCUT2D eigenvalue weighted by Crippen LogP contribution is 2.30. The third-order valence-corrected chi connectivity index (χ3v) is 8.37. The van der Waals surface area contributed by atoms with Gasteiger partial charge in [-0.15, -0.1) is 0 Å². The summed E-state index contributed by atoms with van der Waals surface area (Å²) in [5, 5.41) is 4.29. The van der Waals surface area contributed by atoms with Gasteiger partial charge in [0.25, 0.3) is 10.0 Å². The van der Waals surface area contributed by atoms with Crippen LogP contribution in [0.4, 0.5) is 5.69 Å². The Morgan fingerprint density at radius 1 is 1.12 bits per heavy atom. The van der Waals surface area contributed by atoms with Crippen molar-refractivity contribution in [2.24, 2.45) is 18.9 Å². The van der Waals surface area contributed by atoms with Crippen LogP contribution in [0.15, 0.2) is 29.2 Å². The maximum Gasteiger partial charge on any atom is 0.268 e. The molecule has 1 aliphatic rings. The van der Waals surface area contributed by atoms with Crippen molar-refractivity contribution in [3.63, 3.8) is 0 Å². The zero-order chi connectivity index (χ0) is 23.8. The number of likely N-dealkylation sites (tertiary alicyclic amines) is 1. The number of piperidine rings is 1. The van der Waals surface area contributed by atoms with E-state index in [9.17, 15) is 13.2 Å². The molecule has 1 aromatic heterocycles. The monoisotopic (exact) mass is 460 g/mol. The molecule has 0 N–H and O–H groups in total. The Labute approximate surface area is 192 Å². The van der Waals surface area contributed by atoms with Gasteiger partial charge in [0.15, 0.2) is 0 Å². The summed E-state index contributed by atoms with van der Waals surface area (Å²) in [4.78, 5) is 15.3. The second-order valence-electron chi connectivity index (χ2n) is 9.63. The van der Waals surface area contributed by atoms with Crippen LogP contribution >= 0.6 is 0 Å². The fourth-order valence-corrected chi connectivity index (χ4v) is 6.49. The zero-order valence-corrected chi connectivity index (χ0v) is 21.1. The lowest BCUT2D eigenvalue weighted by molar-refractivity contribution is -0.132. The predicted octanol–water partition coefficient (Wildman–Crippen LogP) is 3.86. The van der Waals surface area contributed by atoms with Gasteiger partial charge in [-0.05, 0) is 55.7 Å². The van der Waals surface area contributed by atoms with Crippen molar-refractivity contribution in [3.8, 4) is 0 Å². The van der Waals surface area contributed by atoms with E-state index in [4.69, 9.17) is 0 Å². The minimum atomic E-state index is -3.99. The smallest absolute Gasteiger partial charge is 0.268 e. The minimum Gasteiger partial charge on any atom is -0.341 e. The van der Waals surface area contributed by atoms with Crippen molar-refractivity contribution in [1.82, 2.24) is 14.7 Å². The quantitative estimate of drug-likeness (QED) is 0.656. The molecule has 2 aromatic rings. The lowest BCUT2D eigenvalue weighted by Gasteiger charge is -2.36. The number of benzene rings is 1. The van der Waals surface area contributed by atoms with Gasteiger partial charge in [-0.25, -0.2) is 8.42 Å². The zero-order valence-electron chi connectivity index (χ0n) is 20.3. The van der Waals surface area contributed by atoms with Crippen molar-refractivity contribution in [3.05, 3.63) is 41.2 Å². The number of sulfonamides is 1. The number of anilines is 1. The SMILES string of the molecule is Cc1nn(C)c(C)c1S(=O)(=O)N(CC(=O)N1C[C@H](C)C[C@@H](C)C1)c1ccc(C(C)C)cc1. The average Bonchev–Trinajstić information content (AvgIpc) is 2.97. The molecule has 1 aromatic carbocycles. The maximum atomic E-state index is 13.9. The molecule has 1 aliphatic heterocycles. The first-order valence-electron chi connectivity index (χ1n) is 11.3. The molecule has 2 heterocycles. The lowest BCUT2D eigenvalue weighted by Crippen LogP contribution is -2.48. The van der Waals surface area contributed by atoms with Gasteiger partial charge in [0, 0.05) is 20.1 Å². The van der Waals surface area contributed by atoms with Crippen LogP contribution in [-0.2, 0) is 21.9 Å². The van der Waals surface area contributed by atoms with Gasteiger partial charge in [0.1, 0.15) is 11.4 Å². The van der Waals surface area contributed by atoms with E-state index in [0.717, 1.165) is 12.0 Å². The topological polar surface area (TPSA) is 75.5 Å². The van der Waals surface area contributed by atoms with Gasteiger partial charge in [-0.2, -0.15) is 5.10 Å². The largest absolute Gasteiger partial charge is 0.341 e. The first-order valence-corrected chi connectivity index (χ1v) is 12.8. The molecule has 0 aliphatic carbocycles. The first kappa shape index (κ1) is 24.3. The van der Waals surface area contributed by atoms with Gasteiger partial charge >= 0.3 is 0 Å². The predicted molar refractivity (Wildman–Crippen MR) is 127 cm³/mol. The fourth-order valence-electron chi connectivity index (χ4n) is 4.67. The molecular formula is C24H36N4O3S. The van der Waals surface area contributed by atoms with E-state index in [1.54, 1.807) is 37.7 Å². The summed E-state index contributed by atoms with van der Waals surface area (Å²) in [5.74, 6) is 0.968. The molecule has 0 saturated carbocycles. The van der Waals surface area contributed by atoms with E-state index >= 15 is 0 Å². The second kappa shape index (κ2) is 9.25. The molecule has 1 fully saturated rings. The number of aryl methyl sites for hydroxylation is 2. The van der Waals surface area contributed by atoms with Crippen molar-refractivity contribution in [1.29, 1.82) is 0 Å². The molecule has 2 atom stereocenters. The average molecular weight is 461 g/mol. The van der Waals surface area contributed by atoms with Crippen molar-refractivity contribution < 1.29 is 13.2 Å². The molecule has 0 radical (unpaired) electrons. The van der Waals surface area contributed by atoms with Crippen LogP contribution in [0.25, 0.3) is 0 Å². The summed E-state index contributed by atoms with van der Waals surface area (Å²) < 4.78 is 30.5. The van der Waals surface area contributed by atoms with E-state index in [2.05, 4.69) is 32.8 Å². The van der Waals surface area contributed by atoms with Crippen LogP contribution < -0.4 is 4.31 Å². The molecule has 1 saturated heterocycles. The molecular weight excluding hydrogens is 424 g/mol. The summed E-state index contributed by atoms with van der Waals surface area (Å²) in [6.45, 7) is 13.0. The molecule has 1 amide bonds. The van der Waals surface area contributed by atoms with E-state index in [-0.39, 0.29) is 17.3 Å². The highest BCUT2D eigenvalue weighted by Gasteiger charge is 2.34. The number of amides is 1. The number of aromatic nitrogens is 2. The Hall–Kier alpha value is -2.35. The van der Waals surface area contributed by atoms with Crippen LogP contribution in [0.3, 0.4) is 0 Å². The van der Waals surface area contributed by atoms with Gasteiger partial charge in [-0.1, -0.05) is 39.8 Å². The van der Waals surface area contributed by atoms with E-state index in [1.807, 2.05) is 17.0 Å². The normalized spacial score (nSPS) is 19.4. The molecule has 0 unspecified atom stereocenters. The molecule has 3 rings (SSSR count). The Balaban J connectivity index is 2.02. The maximum absolute atomic E-state index is 13.9. The molecule has 8 heteroatoms. The third-order valence-electron chi connectivity index (χ3n) is 6.34. The number of carbonyl (C=O) groups excluding carboxylic acids is 1. The van der Waals surface area contributed by atoms with Crippen molar-refractivity contribution >= 4 is 21.6 Å². The molecule has 7 nitrogen and oxygen atoms in total. The number of nitrogens with zero attached hydrogens (tertiary/aromatic N) is 4. The van der Waals surface area contributed by atoms with E-state index in [0.29, 0.717) is 47.9 Å². The summed E-state index contributed by atoms with van der Waals surface area (Å²) in [5.41, 5.74) is 2.59. The van der Waals surface area contributed by atoms with Crippen molar-refractivity contribution in [2.75, 3.05) is 23.9 Å². The highest BCUT2D eigenvalue weighted by molar-refractivity contribution is 7.93.